The molecule has 1 spiro atoms. The molecule has 0 radical (unpaired) electrons. The summed E-state index contributed by atoms with van der Waals surface area (Å²) < 4.78 is 0. The standard InChI is InChI=1S/C70H49N/c1-69(2)59-36-16-14-33-58(59)67-57(35-21-40-63(67)69)55-31-15-20-41-65(55)71(66-42-22-34-50(47-25-7-4-8-26-47)68(66)56-32-10-9-27-49(56)46-23-5-3-6-24-46)48-43-44-54-53-30-13-19-39-62(53)70(64(54)45-48)60-37-17-11-28-51(60)52-29-12-18-38-61(52)70/h3-45H,1-2H3. The van der Waals surface area contributed by atoms with E-state index in [1.807, 2.05) is 0 Å². The normalized spacial score (nSPS) is 13.7. The SMILES string of the molecule is CC1(C)c2ccccc2-c2c(-c3ccccc3N(c3ccc4c(c3)C3(c5ccccc5-c5ccccc53)c3ccccc3-4)c3cccc(-c4ccccc4)c3-c3ccccc3-c3ccccc3)cccc21. The van der Waals surface area contributed by atoms with E-state index in [1.165, 1.54) is 111 Å². The third kappa shape index (κ3) is 5.93. The number of nitrogens with zero attached hydrogens (tertiary/aromatic N) is 1. The first-order valence-corrected chi connectivity index (χ1v) is 24.9. The zero-order chi connectivity index (χ0) is 47.3. The molecule has 0 saturated heterocycles. The predicted octanol–water partition coefficient (Wildman–Crippen LogP) is 18.5. The predicted molar refractivity (Wildman–Crippen MR) is 297 cm³/mol. The Hall–Kier alpha value is -8.78. The lowest BCUT2D eigenvalue weighted by atomic mass is 9.70. The summed E-state index contributed by atoms with van der Waals surface area (Å²) >= 11 is 0. The van der Waals surface area contributed by atoms with Crippen LogP contribution in [0, 0.1) is 0 Å². The van der Waals surface area contributed by atoms with Crippen LogP contribution < -0.4 is 4.90 Å². The van der Waals surface area contributed by atoms with Gasteiger partial charge >= 0.3 is 0 Å². The maximum absolute atomic E-state index is 2.59. The molecule has 0 unspecified atom stereocenters. The molecule has 334 valence electrons. The molecule has 0 aliphatic heterocycles. The number of rotatable bonds is 7. The average molecular weight is 904 g/mol. The number of hydrogen-bond donors (Lipinski definition) is 0. The van der Waals surface area contributed by atoms with Gasteiger partial charge in [0.1, 0.15) is 0 Å². The van der Waals surface area contributed by atoms with Crippen LogP contribution in [0.25, 0.3) is 77.9 Å². The molecule has 11 aromatic rings. The fraction of sp³-hybridized carbons (Fsp3) is 0.0571. The van der Waals surface area contributed by atoms with Crippen molar-refractivity contribution in [3.8, 4) is 77.9 Å². The Kier molecular flexibility index (Phi) is 9.22. The van der Waals surface area contributed by atoms with Gasteiger partial charge in [-0.2, -0.15) is 0 Å². The number of benzene rings is 11. The van der Waals surface area contributed by atoms with Gasteiger partial charge in [-0.3, -0.25) is 0 Å². The van der Waals surface area contributed by atoms with Crippen molar-refractivity contribution >= 4 is 17.1 Å². The van der Waals surface area contributed by atoms with Gasteiger partial charge in [-0.05, 0) is 124 Å². The number of para-hydroxylation sites is 1. The summed E-state index contributed by atoms with van der Waals surface area (Å²) in [6.45, 7) is 4.76. The Morgan fingerprint density at radius 1 is 0.254 bits per heavy atom. The fourth-order valence-electron chi connectivity index (χ4n) is 12.9. The highest BCUT2D eigenvalue weighted by molar-refractivity contribution is 6.05. The van der Waals surface area contributed by atoms with Crippen molar-refractivity contribution in [1.29, 1.82) is 0 Å². The molecule has 1 nitrogen and oxygen atoms in total. The zero-order valence-corrected chi connectivity index (χ0v) is 39.8. The van der Waals surface area contributed by atoms with Crippen molar-refractivity contribution < 1.29 is 0 Å². The van der Waals surface area contributed by atoms with Crippen LogP contribution in [0.2, 0.25) is 0 Å². The summed E-state index contributed by atoms with van der Waals surface area (Å²) in [5.41, 5.74) is 28.0. The number of hydrogen-bond acceptors (Lipinski definition) is 1. The van der Waals surface area contributed by atoms with Crippen LogP contribution >= 0.6 is 0 Å². The van der Waals surface area contributed by atoms with E-state index in [1.54, 1.807) is 0 Å². The summed E-state index contributed by atoms with van der Waals surface area (Å²) in [5, 5.41) is 0. The van der Waals surface area contributed by atoms with E-state index in [9.17, 15) is 0 Å². The van der Waals surface area contributed by atoms with Crippen LogP contribution in [-0.4, -0.2) is 0 Å². The Bertz CT molecular complexity index is 3850. The van der Waals surface area contributed by atoms with Gasteiger partial charge in [0, 0.05) is 22.2 Å². The first-order valence-electron chi connectivity index (χ1n) is 24.9. The lowest BCUT2D eigenvalue weighted by molar-refractivity contribution is 0.660. The van der Waals surface area contributed by atoms with Crippen LogP contribution in [0.3, 0.4) is 0 Å². The molecule has 0 heterocycles. The molecule has 0 amide bonds. The fourth-order valence-corrected chi connectivity index (χ4v) is 12.9. The van der Waals surface area contributed by atoms with E-state index < -0.39 is 5.41 Å². The molecular weight excluding hydrogens is 855 g/mol. The molecule has 0 atom stereocenters. The van der Waals surface area contributed by atoms with Crippen molar-refractivity contribution in [2.24, 2.45) is 0 Å². The zero-order valence-electron chi connectivity index (χ0n) is 39.8. The van der Waals surface area contributed by atoms with Gasteiger partial charge < -0.3 is 4.90 Å². The van der Waals surface area contributed by atoms with Crippen molar-refractivity contribution in [3.05, 3.63) is 294 Å². The summed E-state index contributed by atoms with van der Waals surface area (Å²) in [6, 6.07) is 97.5. The van der Waals surface area contributed by atoms with Gasteiger partial charge in [0.25, 0.3) is 0 Å². The smallest absolute Gasteiger partial charge is 0.0726 e. The van der Waals surface area contributed by atoms with E-state index in [2.05, 4.69) is 280 Å². The molecule has 14 rings (SSSR count). The highest BCUT2D eigenvalue weighted by Crippen LogP contribution is 2.64. The van der Waals surface area contributed by atoms with Gasteiger partial charge in [-0.15, -0.1) is 0 Å². The molecule has 1 heteroatoms. The number of fused-ring (bicyclic) bond motifs is 13. The second-order valence-electron chi connectivity index (χ2n) is 19.8. The van der Waals surface area contributed by atoms with Gasteiger partial charge in [0.15, 0.2) is 0 Å². The Labute approximate surface area is 416 Å². The molecule has 0 aromatic heterocycles. The van der Waals surface area contributed by atoms with E-state index in [-0.39, 0.29) is 5.41 Å². The Morgan fingerprint density at radius 2 is 0.676 bits per heavy atom. The molecule has 3 aliphatic carbocycles. The lowest BCUT2D eigenvalue weighted by Gasteiger charge is -2.34. The molecule has 0 N–H and O–H groups in total. The van der Waals surface area contributed by atoms with Crippen LogP contribution in [0.1, 0.15) is 47.2 Å². The van der Waals surface area contributed by atoms with Crippen LogP contribution in [0.4, 0.5) is 17.1 Å². The Morgan fingerprint density at radius 3 is 1.31 bits per heavy atom. The average Bonchev–Trinajstić information content (AvgIpc) is 4.00. The third-order valence-electron chi connectivity index (χ3n) is 15.9. The van der Waals surface area contributed by atoms with Gasteiger partial charge in [0.05, 0.1) is 16.8 Å². The summed E-state index contributed by atoms with van der Waals surface area (Å²) in [5.74, 6) is 0. The minimum absolute atomic E-state index is 0.147. The van der Waals surface area contributed by atoms with E-state index in [4.69, 9.17) is 0 Å². The topological polar surface area (TPSA) is 3.24 Å². The highest BCUT2D eigenvalue weighted by Gasteiger charge is 2.52. The minimum Gasteiger partial charge on any atom is -0.309 e. The molecule has 0 fully saturated rings. The number of anilines is 3. The quantitative estimate of drug-likeness (QED) is 0.154. The third-order valence-corrected chi connectivity index (χ3v) is 15.9. The van der Waals surface area contributed by atoms with E-state index >= 15 is 0 Å². The highest BCUT2D eigenvalue weighted by atomic mass is 15.1. The van der Waals surface area contributed by atoms with Crippen molar-refractivity contribution in [3.63, 3.8) is 0 Å². The summed E-state index contributed by atoms with van der Waals surface area (Å²) in [4.78, 5) is 2.59. The molecule has 0 bridgehead atoms. The molecule has 11 aromatic carbocycles. The lowest BCUT2D eigenvalue weighted by Crippen LogP contribution is -2.26. The monoisotopic (exact) mass is 903 g/mol. The van der Waals surface area contributed by atoms with Crippen molar-refractivity contribution in [2.45, 2.75) is 24.7 Å². The van der Waals surface area contributed by atoms with Gasteiger partial charge in [-0.1, -0.05) is 250 Å². The van der Waals surface area contributed by atoms with Gasteiger partial charge in [-0.25, -0.2) is 0 Å². The van der Waals surface area contributed by atoms with E-state index in [0.717, 1.165) is 17.1 Å². The molecular formula is C70H49N. The van der Waals surface area contributed by atoms with Gasteiger partial charge in [0.2, 0.25) is 0 Å². The molecule has 3 aliphatic rings. The second-order valence-corrected chi connectivity index (χ2v) is 19.8. The largest absolute Gasteiger partial charge is 0.309 e. The van der Waals surface area contributed by atoms with Crippen molar-refractivity contribution in [1.82, 2.24) is 0 Å². The second kappa shape index (κ2) is 15.9. The van der Waals surface area contributed by atoms with Crippen LogP contribution in [0.15, 0.2) is 261 Å². The first-order chi connectivity index (χ1) is 35.0. The first kappa shape index (κ1) is 41.2. The minimum atomic E-state index is -0.509. The maximum atomic E-state index is 2.59. The Balaban J connectivity index is 1.10. The van der Waals surface area contributed by atoms with E-state index in [0.29, 0.717) is 0 Å². The maximum Gasteiger partial charge on any atom is 0.0726 e. The van der Waals surface area contributed by atoms with Crippen LogP contribution in [0.5, 0.6) is 0 Å². The molecule has 0 saturated carbocycles. The molecule has 71 heavy (non-hydrogen) atoms. The van der Waals surface area contributed by atoms with Crippen LogP contribution in [-0.2, 0) is 10.8 Å². The summed E-state index contributed by atoms with van der Waals surface area (Å²) in [6.07, 6.45) is 0. The summed E-state index contributed by atoms with van der Waals surface area (Å²) in [7, 11) is 0. The van der Waals surface area contributed by atoms with Crippen molar-refractivity contribution in [2.75, 3.05) is 4.90 Å².